The monoisotopic (exact) mass is 310 g/mol. The highest BCUT2D eigenvalue weighted by atomic mass is 35.5. The van der Waals surface area contributed by atoms with Crippen LogP contribution in [0, 0.1) is 5.92 Å². The van der Waals surface area contributed by atoms with Gasteiger partial charge in [0.15, 0.2) is 5.13 Å². The molecule has 108 valence electrons. The van der Waals surface area contributed by atoms with Gasteiger partial charge in [-0.25, -0.2) is 4.98 Å². The fraction of sp³-hybridized carbons (Fsp3) is 0.467. The summed E-state index contributed by atoms with van der Waals surface area (Å²) in [7, 11) is 0. The number of hydrogen-bond donors (Lipinski definition) is 1. The van der Waals surface area contributed by atoms with E-state index in [2.05, 4.69) is 24.1 Å². The van der Waals surface area contributed by atoms with Crippen LogP contribution in [-0.4, -0.2) is 10.9 Å². The molecule has 0 aliphatic carbocycles. The highest BCUT2D eigenvalue weighted by Crippen LogP contribution is 2.31. The van der Waals surface area contributed by atoms with Gasteiger partial charge in [0, 0.05) is 5.92 Å². The lowest BCUT2D eigenvalue weighted by Crippen LogP contribution is -2.22. The summed E-state index contributed by atoms with van der Waals surface area (Å²) in [5, 5.41) is 4.18. The topological polar surface area (TPSA) is 42.0 Å². The van der Waals surface area contributed by atoms with Gasteiger partial charge in [0.1, 0.15) is 5.52 Å². The molecule has 0 aliphatic rings. The lowest BCUT2D eigenvalue weighted by Gasteiger charge is -2.12. The Kier molecular flexibility index (Phi) is 5.38. The van der Waals surface area contributed by atoms with Crippen molar-refractivity contribution in [3.8, 4) is 0 Å². The normalized spacial score (nSPS) is 12.6. The standard InChI is InChI=1S/C15H19ClN2OS/c1-3-5-7-10(4-2)14(19)18-15-17-13-11(16)8-6-9-12(13)20-15/h6,8-10H,3-5,7H2,1-2H3,(H,17,18,19)/t10-/m1/s1. The molecule has 1 atom stereocenters. The number of carbonyl (C=O) groups excluding carboxylic acids is 1. The van der Waals surface area contributed by atoms with Crippen LogP contribution in [0.2, 0.25) is 5.02 Å². The number of unbranched alkanes of at least 4 members (excludes halogenated alkanes) is 1. The van der Waals surface area contributed by atoms with E-state index < -0.39 is 0 Å². The molecule has 5 heteroatoms. The lowest BCUT2D eigenvalue weighted by atomic mass is 9.99. The molecule has 0 saturated carbocycles. The average molecular weight is 311 g/mol. The smallest absolute Gasteiger partial charge is 0.229 e. The first kappa shape index (κ1) is 15.3. The summed E-state index contributed by atoms with van der Waals surface area (Å²) < 4.78 is 0.995. The molecule has 0 unspecified atom stereocenters. The van der Waals surface area contributed by atoms with Gasteiger partial charge in [-0.1, -0.05) is 55.7 Å². The van der Waals surface area contributed by atoms with Crippen LogP contribution in [0.3, 0.4) is 0 Å². The van der Waals surface area contributed by atoms with Gasteiger partial charge in [-0.2, -0.15) is 0 Å². The van der Waals surface area contributed by atoms with Crippen LogP contribution in [0.1, 0.15) is 39.5 Å². The van der Waals surface area contributed by atoms with Gasteiger partial charge in [0.05, 0.1) is 9.72 Å². The van der Waals surface area contributed by atoms with E-state index in [4.69, 9.17) is 11.6 Å². The molecule has 20 heavy (non-hydrogen) atoms. The number of thiazole rings is 1. The fourth-order valence-electron chi connectivity index (χ4n) is 2.15. The molecule has 2 rings (SSSR count). The molecule has 1 amide bonds. The first-order valence-electron chi connectivity index (χ1n) is 7.01. The Hall–Kier alpha value is -1.13. The second-order valence-electron chi connectivity index (χ2n) is 4.84. The number of rotatable bonds is 6. The van der Waals surface area contributed by atoms with E-state index in [1.54, 1.807) is 0 Å². The molecule has 1 heterocycles. The molecule has 2 aromatic rings. The van der Waals surface area contributed by atoms with Crippen molar-refractivity contribution in [2.45, 2.75) is 39.5 Å². The van der Waals surface area contributed by atoms with E-state index >= 15 is 0 Å². The minimum absolute atomic E-state index is 0.0659. The summed E-state index contributed by atoms with van der Waals surface area (Å²) in [5.41, 5.74) is 0.760. The van der Waals surface area contributed by atoms with Crippen molar-refractivity contribution < 1.29 is 4.79 Å². The number of benzene rings is 1. The van der Waals surface area contributed by atoms with Gasteiger partial charge in [-0.05, 0) is 25.0 Å². The van der Waals surface area contributed by atoms with Gasteiger partial charge in [0.25, 0.3) is 0 Å². The summed E-state index contributed by atoms with van der Waals surface area (Å²) in [4.78, 5) is 16.6. The van der Waals surface area contributed by atoms with Crippen LogP contribution in [0.5, 0.6) is 0 Å². The molecule has 0 spiro atoms. The zero-order valence-corrected chi connectivity index (χ0v) is 13.4. The Labute approximate surface area is 128 Å². The Balaban J connectivity index is 2.10. The summed E-state index contributed by atoms with van der Waals surface area (Å²) >= 11 is 7.56. The van der Waals surface area contributed by atoms with Gasteiger partial charge >= 0.3 is 0 Å². The van der Waals surface area contributed by atoms with Gasteiger partial charge in [0.2, 0.25) is 5.91 Å². The van der Waals surface area contributed by atoms with Crippen molar-refractivity contribution >= 4 is 44.2 Å². The average Bonchev–Trinajstić information content (AvgIpc) is 2.83. The number of anilines is 1. The van der Waals surface area contributed by atoms with Crippen LogP contribution in [0.25, 0.3) is 10.2 Å². The third-order valence-corrected chi connectivity index (χ3v) is 4.61. The quantitative estimate of drug-likeness (QED) is 0.806. The second kappa shape index (κ2) is 7.04. The Morgan fingerprint density at radius 1 is 1.45 bits per heavy atom. The minimum Gasteiger partial charge on any atom is -0.302 e. The molecule has 1 aromatic carbocycles. The summed E-state index contributed by atoms with van der Waals surface area (Å²) in [6.45, 7) is 4.19. The Morgan fingerprint density at radius 2 is 2.25 bits per heavy atom. The molecule has 0 saturated heterocycles. The van der Waals surface area contributed by atoms with E-state index in [9.17, 15) is 4.79 Å². The molecular formula is C15H19ClN2OS. The molecule has 0 aliphatic heterocycles. The van der Waals surface area contributed by atoms with E-state index in [1.165, 1.54) is 11.3 Å². The van der Waals surface area contributed by atoms with Crippen molar-refractivity contribution in [1.29, 1.82) is 0 Å². The predicted molar refractivity (Wildman–Crippen MR) is 86.6 cm³/mol. The van der Waals surface area contributed by atoms with Crippen molar-refractivity contribution in [2.75, 3.05) is 5.32 Å². The lowest BCUT2D eigenvalue weighted by molar-refractivity contribution is -0.120. The Bertz CT molecular complexity index is 597. The van der Waals surface area contributed by atoms with Crippen molar-refractivity contribution in [2.24, 2.45) is 5.92 Å². The zero-order chi connectivity index (χ0) is 14.5. The van der Waals surface area contributed by atoms with Gasteiger partial charge in [-0.15, -0.1) is 0 Å². The van der Waals surface area contributed by atoms with Crippen molar-refractivity contribution in [1.82, 2.24) is 4.98 Å². The van der Waals surface area contributed by atoms with Gasteiger partial charge < -0.3 is 5.32 Å². The highest BCUT2D eigenvalue weighted by Gasteiger charge is 2.17. The number of carbonyl (C=O) groups is 1. The number of aromatic nitrogens is 1. The molecular weight excluding hydrogens is 292 g/mol. The van der Waals surface area contributed by atoms with Crippen LogP contribution in [0.15, 0.2) is 18.2 Å². The summed E-state index contributed by atoms with van der Waals surface area (Å²) in [6.07, 6.45) is 3.99. The third-order valence-electron chi connectivity index (χ3n) is 3.37. The number of para-hydroxylation sites is 1. The molecule has 1 aromatic heterocycles. The highest BCUT2D eigenvalue weighted by molar-refractivity contribution is 7.22. The van der Waals surface area contributed by atoms with E-state index in [0.717, 1.165) is 35.9 Å². The first-order valence-corrected chi connectivity index (χ1v) is 8.21. The first-order chi connectivity index (χ1) is 9.65. The maximum atomic E-state index is 12.2. The number of fused-ring (bicyclic) bond motifs is 1. The molecule has 0 fully saturated rings. The van der Waals surface area contributed by atoms with Crippen LogP contribution in [0.4, 0.5) is 5.13 Å². The SMILES string of the molecule is CCCC[C@@H](CC)C(=O)Nc1nc2c(Cl)cccc2s1. The van der Waals surface area contributed by atoms with E-state index in [1.807, 2.05) is 18.2 Å². The third kappa shape index (κ3) is 3.49. The maximum Gasteiger partial charge on any atom is 0.229 e. The number of nitrogens with one attached hydrogen (secondary N) is 1. The molecule has 1 N–H and O–H groups in total. The van der Waals surface area contributed by atoms with Crippen molar-refractivity contribution in [3.63, 3.8) is 0 Å². The second-order valence-corrected chi connectivity index (χ2v) is 6.28. The van der Waals surface area contributed by atoms with Crippen LogP contribution in [-0.2, 0) is 4.79 Å². The van der Waals surface area contributed by atoms with E-state index in [-0.39, 0.29) is 11.8 Å². The number of amides is 1. The molecule has 0 bridgehead atoms. The fourth-order valence-corrected chi connectivity index (χ4v) is 3.32. The summed E-state index contributed by atoms with van der Waals surface area (Å²) in [6, 6.07) is 5.67. The summed E-state index contributed by atoms with van der Waals surface area (Å²) in [5.74, 6) is 0.133. The minimum atomic E-state index is 0.0659. The number of halogens is 1. The number of nitrogens with zero attached hydrogens (tertiary/aromatic N) is 1. The number of hydrogen-bond acceptors (Lipinski definition) is 3. The van der Waals surface area contributed by atoms with Crippen molar-refractivity contribution in [3.05, 3.63) is 23.2 Å². The predicted octanol–water partition coefficient (Wildman–Crippen LogP) is 5.10. The molecule has 3 nitrogen and oxygen atoms in total. The van der Waals surface area contributed by atoms with Gasteiger partial charge in [-0.3, -0.25) is 4.79 Å². The maximum absolute atomic E-state index is 12.2. The largest absolute Gasteiger partial charge is 0.302 e. The van der Waals surface area contributed by atoms with Crippen LogP contribution < -0.4 is 5.32 Å². The van der Waals surface area contributed by atoms with E-state index in [0.29, 0.717) is 10.2 Å². The zero-order valence-electron chi connectivity index (χ0n) is 11.8. The van der Waals surface area contributed by atoms with Crippen LogP contribution >= 0.6 is 22.9 Å². The Morgan fingerprint density at radius 3 is 2.90 bits per heavy atom. The molecule has 0 radical (unpaired) electrons.